The molecule has 0 aliphatic carbocycles. The molecule has 1 fully saturated rings. The molecule has 1 saturated heterocycles. The Bertz CT molecular complexity index is 1100. The summed E-state index contributed by atoms with van der Waals surface area (Å²) in [5, 5.41) is 4.07. The molecule has 0 spiro atoms. The minimum absolute atomic E-state index is 0.218. The number of hydrogen-bond donors (Lipinski definition) is 1. The third kappa shape index (κ3) is 5.93. The average Bonchev–Trinajstić information content (AvgIpc) is 2.86. The normalized spacial score (nSPS) is 14.4. The lowest BCUT2D eigenvalue weighted by Crippen LogP contribution is -2.46. The lowest BCUT2D eigenvalue weighted by molar-refractivity contribution is 0.0954. The molecule has 0 radical (unpaired) electrons. The lowest BCUT2D eigenvalue weighted by atomic mass is 10.1. The van der Waals surface area contributed by atoms with Crippen molar-refractivity contribution >= 4 is 17.8 Å². The molecule has 0 unspecified atom stereocenters. The Kier molecular flexibility index (Phi) is 7.26. The maximum absolute atomic E-state index is 13.2. The number of hydrogen-bond acceptors (Lipinski definition) is 6. The fourth-order valence-corrected chi connectivity index (χ4v) is 3.79. The number of halogens is 1. The summed E-state index contributed by atoms with van der Waals surface area (Å²) in [6.45, 7) is 4.26. The first-order chi connectivity index (χ1) is 16.1. The second-order valence-electron chi connectivity index (χ2n) is 7.75. The van der Waals surface area contributed by atoms with E-state index in [1.165, 1.54) is 18.3 Å². The van der Waals surface area contributed by atoms with Gasteiger partial charge in [-0.15, -0.1) is 0 Å². The van der Waals surface area contributed by atoms with Gasteiger partial charge in [-0.05, 0) is 60.2 Å². The van der Waals surface area contributed by atoms with Crippen molar-refractivity contribution in [2.45, 2.75) is 6.54 Å². The number of nitrogens with zero attached hydrogens (tertiary/aromatic N) is 4. The zero-order chi connectivity index (χ0) is 23.0. The molecule has 7 nitrogen and oxygen atoms in total. The Morgan fingerprint density at radius 2 is 1.94 bits per heavy atom. The highest BCUT2D eigenvalue weighted by atomic mass is 19.1. The number of nitrogens with one attached hydrogen (secondary N) is 1. The number of methoxy groups -OCH3 is 1. The number of rotatable bonds is 7. The van der Waals surface area contributed by atoms with Crippen LogP contribution in [0.15, 0.2) is 72.1 Å². The van der Waals surface area contributed by atoms with Crippen LogP contribution in [0.4, 0.5) is 10.1 Å². The summed E-state index contributed by atoms with van der Waals surface area (Å²) in [5.74, 6) is 0.282. The quantitative estimate of drug-likeness (QED) is 0.445. The van der Waals surface area contributed by atoms with E-state index in [9.17, 15) is 9.18 Å². The molecule has 170 valence electrons. The van der Waals surface area contributed by atoms with Crippen LogP contribution in [0.2, 0.25) is 0 Å². The Labute approximate surface area is 192 Å². The van der Waals surface area contributed by atoms with Gasteiger partial charge in [0.15, 0.2) is 0 Å². The minimum Gasteiger partial charge on any atom is -0.496 e. The molecule has 0 atom stereocenters. The highest BCUT2D eigenvalue weighted by molar-refractivity contribution is 5.94. The molecule has 0 saturated carbocycles. The zero-order valence-electron chi connectivity index (χ0n) is 18.4. The fraction of sp³-hybridized carbons (Fsp3) is 0.240. The van der Waals surface area contributed by atoms with Crippen LogP contribution in [0.3, 0.4) is 0 Å². The molecule has 1 aliphatic rings. The number of carbonyl (C=O) groups excluding carboxylic acids is 1. The number of anilines is 1. The first kappa shape index (κ1) is 22.4. The van der Waals surface area contributed by atoms with E-state index in [2.05, 4.69) is 25.3 Å². The van der Waals surface area contributed by atoms with Crippen LogP contribution in [-0.4, -0.2) is 55.3 Å². The van der Waals surface area contributed by atoms with Gasteiger partial charge in [0.2, 0.25) is 0 Å². The number of ether oxygens (including phenoxy) is 1. The van der Waals surface area contributed by atoms with E-state index >= 15 is 0 Å². The maximum atomic E-state index is 13.2. The van der Waals surface area contributed by atoms with E-state index in [1.807, 2.05) is 30.3 Å². The molecule has 1 amide bonds. The summed E-state index contributed by atoms with van der Waals surface area (Å²) in [5.41, 5.74) is 5.93. The van der Waals surface area contributed by atoms with Crippen LogP contribution in [0, 0.1) is 5.82 Å². The largest absolute Gasteiger partial charge is 0.496 e. The average molecular weight is 448 g/mol. The Balaban J connectivity index is 1.36. The Morgan fingerprint density at radius 1 is 1.15 bits per heavy atom. The molecule has 8 heteroatoms. The third-order valence-electron chi connectivity index (χ3n) is 5.57. The van der Waals surface area contributed by atoms with Crippen molar-refractivity contribution in [2.24, 2.45) is 5.10 Å². The molecule has 4 rings (SSSR count). The van der Waals surface area contributed by atoms with Crippen molar-refractivity contribution in [2.75, 3.05) is 38.2 Å². The van der Waals surface area contributed by atoms with Gasteiger partial charge in [0.25, 0.3) is 5.91 Å². The Morgan fingerprint density at radius 3 is 2.64 bits per heavy atom. The molecule has 2 aromatic carbocycles. The molecule has 3 aromatic rings. The van der Waals surface area contributed by atoms with Gasteiger partial charge < -0.3 is 9.64 Å². The van der Waals surface area contributed by atoms with Crippen molar-refractivity contribution in [3.63, 3.8) is 0 Å². The summed E-state index contributed by atoms with van der Waals surface area (Å²) < 4.78 is 18.7. The van der Waals surface area contributed by atoms with Crippen LogP contribution in [0.1, 0.15) is 21.5 Å². The van der Waals surface area contributed by atoms with Crippen LogP contribution in [0.5, 0.6) is 5.75 Å². The zero-order valence-corrected chi connectivity index (χ0v) is 18.4. The van der Waals surface area contributed by atoms with Gasteiger partial charge in [-0.1, -0.05) is 0 Å². The minimum atomic E-state index is -0.313. The number of amides is 1. The highest BCUT2D eigenvalue weighted by Crippen LogP contribution is 2.23. The summed E-state index contributed by atoms with van der Waals surface area (Å²) in [6.07, 6.45) is 4.72. The van der Waals surface area contributed by atoms with Gasteiger partial charge >= 0.3 is 0 Å². The van der Waals surface area contributed by atoms with Gasteiger partial charge in [-0.25, -0.2) is 9.82 Å². The predicted molar refractivity (Wildman–Crippen MR) is 126 cm³/mol. The topological polar surface area (TPSA) is 70.1 Å². The molecule has 1 aromatic heterocycles. The summed E-state index contributed by atoms with van der Waals surface area (Å²) in [7, 11) is 1.66. The van der Waals surface area contributed by atoms with Crippen molar-refractivity contribution in [3.05, 3.63) is 89.5 Å². The lowest BCUT2D eigenvalue weighted by Gasteiger charge is -2.36. The monoisotopic (exact) mass is 447 g/mol. The first-order valence-corrected chi connectivity index (χ1v) is 10.8. The number of benzene rings is 2. The predicted octanol–water partition coefficient (Wildman–Crippen LogP) is 3.32. The van der Waals surface area contributed by atoms with Crippen molar-refractivity contribution in [3.8, 4) is 5.75 Å². The van der Waals surface area contributed by atoms with Crippen molar-refractivity contribution in [1.29, 1.82) is 0 Å². The Hall–Kier alpha value is -3.78. The van der Waals surface area contributed by atoms with Gasteiger partial charge in [0.1, 0.15) is 11.6 Å². The number of pyridine rings is 1. The van der Waals surface area contributed by atoms with Gasteiger partial charge in [-0.3, -0.25) is 14.7 Å². The number of piperazine rings is 1. The number of carbonyl (C=O) groups is 1. The van der Waals surface area contributed by atoms with E-state index < -0.39 is 0 Å². The van der Waals surface area contributed by atoms with E-state index in [0.717, 1.165) is 55.3 Å². The SMILES string of the molecule is COc1ccc(/C=N/NC(=O)c2cccnc2)cc1CN1CCN(c2ccc(F)cc2)CC1. The summed E-state index contributed by atoms with van der Waals surface area (Å²) in [6, 6.07) is 15.9. The third-order valence-corrected chi connectivity index (χ3v) is 5.57. The molecule has 2 heterocycles. The van der Waals surface area contributed by atoms with E-state index in [-0.39, 0.29) is 11.7 Å². The van der Waals surface area contributed by atoms with E-state index in [4.69, 9.17) is 4.74 Å². The number of aromatic nitrogens is 1. The molecule has 1 N–H and O–H groups in total. The molecule has 33 heavy (non-hydrogen) atoms. The standard InChI is InChI=1S/C25H26FN5O2/c1-33-24-9-4-19(16-28-29-25(32)20-3-2-10-27-17-20)15-21(24)18-30-11-13-31(14-12-30)23-7-5-22(26)6-8-23/h2-10,15-17H,11-14,18H2,1H3,(H,29,32)/b28-16+. The van der Waals surface area contributed by atoms with Crippen LogP contribution >= 0.6 is 0 Å². The summed E-state index contributed by atoms with van der Waals surface area (Å²) in [4.78, 5) is 20.7. The smallest absolute Gasteiger partial charge is 0.272 e. The second-order valence-corrected chi connectivity index (χ2v) is 7.75. The van der Waals surface area contributed by atoms with Crippen molar-refractivity contribution < 1.29 is 13.9 Å². The van der Waals surface area contributed by atoms with Crippen LogP contribution in [0.25, 0.3) is 0 Å². The molecular weight excluding hydrogens is 421 g/mol. The first-order valence-electron chi connectivity index (χ1n) is 10.8. The van der Waals surface area contributed by atoms with E-state index in [1.54, 1.807) is 31.7 Å². The fourth-order valence-electron chi connectivity index (χ4n) is 3.79. The molecular formula is C25H26FN5O2. The summed E-state index contributed by atoms with van der Waals surface area (Å²) >= 11 is 0. The maximum Gasteiger partial charge on any atom is 0.272 e. The van der Waals surface area contributed by atoms with Crippen LogP contribution in [-0.2, 0) is 6.54 Å². The second kappa shape index (κ2) is 10.7. The molecule has 1 aliphatic heterocycles. The van der Waals surface area contributed by atoms with Gasteiger partial charge in [0, 0.05) is 56.4 Å². The van der Waals surface area contributed by atoms with Gasteiger partial charge in [-0.2, -0.15) is 5.10 Å². The van der Waals surface area contributed by atoms with Gasteiger partial charge in [0.05, 0.1) is 18.9 Å². The molecule has 0 bridgehead atoms. The highest BCUT2D eigenvalue weighted by Gasteiger charge is 2.19. The van der Waals surface area contributed by atoms with Crippen molar-refractivity contribution in [1.82, 2.24) is 15.3 Å². The van der Waals surface area contributed by atoms with Crippen LogP contribution < -0.4 is 15.1 Å². The number of hydrazone groups is 1. The van der Waals surface area contributed by atoms with E-state index in [0.29, 0.717) is 5.56 Å².